The van der Waals surface area contributed by atoms with Crippen molar-refractivity contribution in [2.75, 3.05) is 7.11 Å². The normalized spacial score (nSPS) is 26.0. The fraction of sp³-hybridized carbons (Fsp3) is 0.565. The van der Waals surface area contributed by atoms with Gasteiger partial charge >= 0.3 is 17.9 Å². The summed E-state index contributed by atoms with van der Waals surface area (Å²) in [5, 5.41) is 11.0. The average Bonchev–Trinajstić information content (AvgIpc) is 2.64. The second kappa shape index (κ2) is 9.60. The lowest BCUT2D eigenvalue weighted by Crippen LogP contribution is -2.55. The van der Waals surface area contributed by atoms with E-state index in [9.17, 15) is 24.3 Å². The van der Waals surface area contributed by atoms with Crippen LogP contribution < -0.4 is 0 Å². The molecule has 1 N–H and O–H groups in total. The molecule has 0 aliphatic heterocycles. The third kappa shape index (κ3) is 5.50. The molecule has 1 aliphatic rings. The zero-order valence-corrected chi connectivity index (χ0v) is 18.7. The molecule has 1 saturated carbocycles. The van der Waals surface area contributed by atoms with Crippen LogP contribution in [0.4, 0.5) is 0 Å². The van der Waals surface area contributed by atoms with Gasteiger partial charge in [-0.3, -0.25) is 14.4 Å². The summed E-state index contributed by atoms with van der Waals surface area (Å²) in [7, 11) is 1.25. The van der Waals surface area contributed by atoms with Crippen molar-refractivity contribution in [3.05, 3.63) is 35.4 Å². The van der Waals surface area contributed by atoms with Crippen molar-refractivity contribution in [2.45, 2.75) is 64.8 Å². The SMILES string of the molecule is COC(=O)c1ccc([C@H]2[C@H](C(=O)OC(C)C)C(=O)C[C@@](C)(O)[C@@H]2C(=O)OC(C)C)cc1. The van der Waals surface area contributed by atoms with Crippen molar-refractivity contribution in [1.29, 1.82) is 0 Å². The molecule has 1 aromatic rings. The van der Waals surface area contributed by atoms with Gasteiger partial charge in [-0.25, -0.2) is 4.79 Å². The largest absolute Gasteiger partial charge is 0.465 e. The minimum Gasteiger partial charge on any atom is -0.465 e. The van der Waals surface area contributed by atoms with Gasteiger partial charge in [-0.15, -0.1) is 0 Å². The van der Waals surface area contributed by atoms with Crippen LogP contribution in [0.2, 0.25) is 0 Å². The maximum Gasteiger partial charge on any atom is 0.337 e. The number of aliphatic hydroxyl groups is 1. The fourth-order valence-corrected chi connectivity index (χ4v) is 3.99. The quantitative estimate of drug-likeness (QED) is 0.412. The molecule has 0 aromatic heterocycles. The van der Waals surface area contributed by atoms with Gasteiger partial charge in [0.1, 0.15) is 5.92 Å². The summed E-state index contributed by atoms with van der Waals surface area (Å²) < 4.78 is 15.4. The Hall–Kier alpha value is -2.74. The number of ether oxygens (including phenoxy) is 3. The number of benzene rings is 1. The Morgan fingerprint density at radius 2 is 1.52 bits per heavy atom. The molecule has 0 unspecified atom stereocenters. The molecule has 0 radical (unpaired) electrons. The predicted octanol–water partition coefficient (Wildman–Crippen LogP) is 2.42. The van der Waals surface area contributed by atoms with Crippen LogP contribution in [-0.2, 0) is 28.6 Å². The first kappa shape index (κ1) is 24.5. The molecule has 0 heterocycles. The molecule has 4 atom stereocenters. The minimum atomic E-state index is -1.73. The molecular weight excluding hydrogens is 404 g/mol. The maximum atomic E-state index is 13.0. The van der Waals surface area contributed by atoms with Crippen LogP contribution in [-0.4, -0.2) is 53.7 Å². The second-order valence-electron chi connectivity index (χ2n) is 8.57. The van der Waals surface area contributed by atoms with Crippen LogP contribution in [0.3, 0.4) is 0 Å². The molecule has 2 rings (SSSR count). The highest BCUT2D eigenvalue weighted by Crippen LogP contribution is 2.47. The Balaban J connectivity index is 2.61. The Morgan fingerprint density at radius 1 is 1.00 bits per heavy atom. The van der Waals surface area contributed by atoms with Crippen LogP contribution >= 0.6 is 0 Å². The van der Waals surface area contributed by atoms with Crippen LogP contribution in [0, 0.1) is 11.8 Å². The first-order chi connectivity index (χ1) is 14.4. The van der Waals surface area contributed by atoms with Gasteiger partial charge in [0.15, 0.2) is 5.78 Å². The Bertz CT molecular complexity index is 830. The van der Waals surface area contributed by atoms with Gasteiger partial charge in [0, 0.05) is 12.3 Å². The number of ketones is 1. The molecule has 0 bridgehead atoms. The van der Waals surface area contributed by atoms with Crippen molar-refractivity contribution in [1.82, 2.24) is 0 Å². The lowest BCUT2D eigenvalue weighted by molar-refractivity contribution is -0.176. The predicted molar refractivity (Wildman–Crippen MR) is 110 cm³/mol. The van der Waals surface area contributed by atoms with Crippen molar-refractivity contribution in [2.24, 2.45) is 11.8 Å². The summed E-state index contributed by atoms with van der Waals surface area (Å²) >= 11 is 0. The number of Topliss-reactive ketones (excluding diaryl/α,β-unsaturated/α-hetero) is 1. The zero-order chi connectivity index (χ0) is 23.5. The van der Waals surface area contributed by atoms with E-state index in [-0.39, 0.29) is 12.0 Å². The fourth-order valence-electron chi connectivity index (χ4n) is 3.99. The van der Waals surface area contributed by atoms with E-state index < -0.39 is 59.3 Å². The molecule has 1 aromatic carbocycles. The van der Waals surface area contributed by atoms with Gasteiger partial charge < -0.3 is 19.3 Å². The third-order valence-corrected chi connectivity index (χ3v) is 5.20. The van der Waals surface area contributed by atoms with Crippen molar-refractivity contribution in [3.8, 4) is 0 Å². The summed E-state index contributed by atoms with van der Waals surface area (Å²) in [5.41, 5.74) is -1.04. The van der Waals surface area contributed by atoms with Gasteiger partial charge in [0.25, 0.3) is 0 Å². The molecule has 8 nitrogen and oxygen atoms in total. The van der Waals surface area contributed by atoms with Crippen LogP contribution in [0.25, 0.3) is 0 Å². The van der Waals surface area contributed by atoms with Gasteiger partial charge in [-0.05, 0) is 52.3 Å². The third-order valence-electron chi connectivity index (χ3n) is 5.20. The summed E-state index contributed by atoms with van der Waals surface area (Å²) in [6.07, 6.45) is -1.31. The highest BCUT2D eigenvalue weighted by atomic mass is 16.5. The first-order valence-corrected chi connectivity index (χ1v) is 10.2. The summed E-state index contributed by atoms with van der Waals surface area (Å²) in [5.74, 6) is -6.06. The molecule has 8 heteroatoms. The van der Waals surface area contributed by atoms with Crippen LogP contribution in [0.5, 0.6) is 0 Å². The number of hydrogen-bond acceptors (Lipinski definition) is 8. The average molecular weight is 434 g/mol. The molecule has 1 aliphatic carbocycles. The first-order valence-electron chi connectivity index (χ1n) is 10.2. The monoisotopic (exact) mass is 434 g/mol. The van der Waals surface area contributed by atoms with E-state index in [1.54, 1.807) is 27.7 Å². The number of methoxy groups -OCH3 is 1. The van der Waals surface area contributed by atoms with E-state index in [1.165, 1.54) is 38.3 Å². The molecule has 1 fully saturated rings. The van der Waals surface area contributed by atoms with Crippen molar-refractivity contribution in [3.63, 3.8) is 0 Å². The van der Waals surface area contributed by atoms with Gasteiger partial charge in [-0.2, -0.15) is 0 Å². The van der Waals surface area contributed by atoms with Crippen LogP contribution in [0.1, 0.15) is 62.9 Å². The maximum absolute atomic E-state index is 13.0. The Morgan fingerprint density at radius 3 is 2.00 bits per heavy atom. The van der Waals surface area contributed by atoms with E-state index in [4.69, 9.17) is 14.2 Å². The summed E-state index contributed by atoms with van der Waals surface area (Å²) in [6, 6.07) is 6.03. The number of carbonyl (C=O) groups is 4. The highest BCUT2D eigenvalue weighted by Gasteiger charge is 2.57. The van der Waals surface area contributed by atoms with Gasteiger partial charge in [0.05, 0.1) is 36.4 Å². The lowest BCUT2D eigenvalue weighted by Gasteiger charge is -2.44. The van der Waals surface area contributed by atoms with Gasteiger partial charge in [0.2, 0.25) is 0 Å². The summed E-state index contributed by atoms with van der Waals surface area (Å²) in [4.78, 5) is 50.6. The molecule has 170 valence electrons. The zero-order valence-electron chi connectivity index (χ0n) is 18.7. The van der Waals surface area contributed by atoms with Crippen molar-refractivity contribution >= 4 is 23.7 Å². The van der Waals surface area contributed by atoms with E-state index >= 15 is 0 Å². The number of esters is 3. The van der Waals surface area contributed by atoms with E-state index in [0.29, 0.717) is 5.56 Å². The number of carbonyl (C=O) groups excluding carboxylic acids is 4. The minimum absolute atomic E-state index is 0.266. The highest BCUT2D eigenvalue weighted by molar-refractivity contribution is 6.03. The second-order valence-corrected chi connectivity index (χ2v) is 8.57. The lowest BCUT2D eigenvalue weighted by atomic mass is 9.61. The Kier molecular flexibility index (Phi) is 7.59. The standard InChI is InChI=1S/C23H30O8/c1-12(2)30-21(26)18-16(24)11-23(5,28)19(22(27)31-13(3)4)17(18)14-7-9-15(10-8-14)20(25)29-6/h7-10,12-13,17-19,28H,11H2,1-6H3/t17-,18+,19-,23+/m0/s1. The van der Waals surface area contributed by atoms with Crippen molar-refractivity contribution < 1.29 is 38.5 Å². The van der Waals surface area contributed by atoms with Gasteiger partial charge in [-0.1, -0.05) is 12.1 Å². The molecule has 0 spiro atoms. The topological polar surface area (TPSA) is 116 Å². The number of rotatable bonds is 6. The molecule has 0 amide bonds. The summed E-state index contributed by atoms with van der Waals surface area (Å²) in [6.45, 7) is 8.05. The number of hydrogen-bond donors (Lipinski definition) is 1. The van der Waals surface area contributed by atoms with E-state index in [0.717, 1.165) is 0 Å². The Labute approximate surface area is 181 Å². The molecule has 0 saturated heterocycles. The van der Waals surface area contributed by atoms with E-state index in [1.807, 2.05) is 0 Å². The smallest absolute Gasteiger partial charge is 0.337 e. The van der Waals surface area contributed by atoms with E-state index in [2.05, 4.69) is 0 Å². The van der Waals surface area contributed by atoms with Crippen LogP contribution in [0.15, 0.2) is 24.3 Å². The molecule has 31 heavy (non-hydrogen) atoms. The molecular formula is C23H30O8.